The SMILES string of the molecule is CC(NC(=O)N[C@H](C(=O)O)C(C)(C)C)C1CCOC1. The lowest BCUT2D eigenvalue weighted by atomic mass is 9.87. The van der Waals surface area contributed by atoms with E-state index >= 15 is 0 Å². The van der Waals surface area contributed by atoms with E-state index in [0.29, 0.717) is 12.5 Å². The highest BCUT2D eigenvalue weighted by Gasteiger charge is 2.33. The molecular weight excluding hydrogens is 248 g/mol. The first-order valence-electron chi connectivity index (χ1n) is 6.59. The van der Waals surface area contributed by atoms with E-state index in [4.69, 9.17) is 9.84 Å². The molecule has 2 amide bonds. The predicted molar refractivity (Wildman–Crippen MR) is 70.9 cm³/mol. The molecule has 0 saturated carbocycles. The van der Waals surface area contributed by atoms with Gasteiger partial charge in [0.15, 0.2) is 0 Å². The number of carbonyl (C=O) groups excluding carboxylic acids is 1. The first kappa shape index (κ1) is 15.8. The Labute approximate surface area is 113 Å². The van der Waals surface area contributed by atoms with Gasteiger partial charge in [-0.1, -0.05) is 20.8 Å². The van der Waals surface area contributed by atoms with E-state index in [1.165, 1.54) is 0 Å². The van der Waals surface area contributed by atoms with Gasteiger partial charge in [-0.2, -0.15) is 0 Å². The quantitative estimate of drug-likeness (QED) is 0.718. The van der Waals surface area contributed by atoms with Gasteiger partial charge in [0.1, 0.15) is 6.04 Å². The molecule has 3 N–H and O–H groups in total. The normalized spacial score (nSPS) is 22.6. The molecule has 1 rings (SSSR count). The van der Waals surface area contributed by atoms with Gasteiger partial charge < -0.3 is 20.5 Å². The van der Waals surface area contributed by atoms with Crippen molar-refractivity contribution in [3.05, 3.63) is 0 Å². The van der Waals surface area contributed by atoms with Crippen LogP contribution in [0.25, 0.3) is 0 Å². The van der Waals surface area contributed by atoms with Crippen molar-refractivity contribution in [2.75, 3.05) is 13.2 Å². The summed E-state index contributed by atoms with van der Waals surface area (Å²) < 4.78 is 5.27. The van der Waals surface area contributed by atoms with Crippen LogP contribution in [0.5, 0.6) is 0 Å². The molecule has 2 unspecified atom stereocenters. The fourth-order valence-electron chi connectivity index (χ4n) is 2.09. The van der Waals surface area contributed by atoms with Crippen LogP contribution in [-0.2, 0) is 9.53 Å². The van der Waals surface area contributed by atoms with Crippen LogP contribution in [0.4, 0.5) is 4.79 Å². The first-order valence-corrected chi connectivity index (χ1v) is 6.59. The number of urea groups is 1. The van der Waals surface area contributed by atoms with E-state index in [-0.39, 0.29) is 6.04 Å². The van der Waals surface area contributed by atoms with Crippen LogP contribution >= 0.6 is 0 Å². The van der Waals surface area contributed by atoms with Crippen molar-refractivity contribution < 1.29 is 19.4 Å². The smallest absolute Gasteiger partial charge is 0.326 e. The van der Waals surface area contributed by atoms with Crippen molar-refractivity contribution in [1.82, 2.24) is 10.6 Å². The highest BCUT2D eigenvalue weighted by atomic mass is 16.5. The van der Waals surface area contributed by atoms with E-state index in [2.05, 4.69) is 10.6 Å². The summed E-state index contributed by atoms with van der Waals surface area (Å²) in [7, 11) is 0. The van der Waals surface area contributed by atoms with Crippen LogP contribution < -0.4 is 10.6 Å². The summed E-state index contributed by atoms with van der Waals surface area (Å²) in [5, 5.41) is 14.4. The van der Waals surface area contributed by atoms with E-state index in [0.717, 1.165) is 13.0 Å². The number of hydrogen-bond acceptors (Lipinski definition) is 3. The summed E-state index contributed by atoms with van der Waals surface area (Å²) in [5.74, 6) is -0.733. The van der Waals surface area contributed by atoms with Crippen molar-refractivity contribution in [3.8, 4) is 0 Å². The van der Waals surface area contributed by atoms with Crippen LogP contribution in [-0.4, -0.2) is 42.4 Å². The summed E-state index contributed by atoms with van der Waals surface area (Å²) in [6, 6.07) is -1.39. The molecule has 6 heteroatoms. The number of carbonyl (C=O) groups is 2. The fourth-order valence-corrected chi connectivity index (χ4v) is 2.09. The van der Waals surface area contributed by atoms with Crippen LogP contribution in [0, 0.1) is 11.3 Å². The van der Waals surface area contributed by atoms with Gasteiger partial charge in [0, 0.05) is 18.6 Å². The van der Waals surface area contributed by atoms with Crippen molar-refractivity contribution in [2.24, 2.45) is 11.3 Å². The lowest BCUT2D eigenvalue weighted by molar-refractivity contribution is -0.141. The topological polar surface area (TPSA) is 87.7 Å². The van der Waals surface area contributed by atoms with E-state index in [1.807, 2.05) is 6.92 Å². The molecule has 0 bridgehead atoms. The van der Waals surface area contributed by atoms with Gasteiger partial charge in [-0.25, -0.2) is 9.59 Å². The summed E-state index contributed by atoms with van der Waals surface area (Å²) in [4.78, 5) is 23.0. The molecule has 1 fully saturated rings. The summed E-state index contributed by atoms with van der Waals surface area (Å²) in [6.45, 7) is 8.60. The third kappa shape index (κ3) is 4.70. The summed E-state index contributed by atoms with van der Waals surface area (Å²) >= 11 is 0. The second kappa shape index (κ2) is 6.23. The standard InChI is InChI=1S/C13H24N2O4/c1-8(9-5-6-19-7-9)14-12(18)15-10(11(16)17)13(2,3)4/h8-10H,5-7H2,1-4H3,(H,16,17)(H2,14,15,18)/t8?,9?,10-/m1/s1. The van der Waals surface area contributed by atoms with E-state index in [1.54, 1.807) is 20.8 Å². The average Bonchev–Trinajstić information content (AvgIpc) is 2.77. The number of carboxylic acid groups (broad SMARTS) is 1. The predicted octanol–water partition coefficient (Wildman–Crippen LogP) is 1.21. The molecule has 19 heavy (non-hydrogen) atoms. The Balaban J connectivity index is 2.50. The summed E-state index contributed by atoms with van der Waals surface area (Å²) in [6.07, 6.45) is 0.920. The Kier molecular flexibility index (Phi) is 5.17. The maximum Gasteiger partial charge on any atom is 0.326 e. The molecule has 0 radical (unpaired) electrons. The maximum absolute atomic E-state index is 11.8. The Morgan fingerprint density at radius 2 is 1.95 bits per heavy atom. The van der Waals surface area contributed by atoms with Crippen LogP contribution in [0.3, 0.4) is 0 Å². The minimum absolute atomic E-state index is 0.0306. The third-order valence-electron chi connectivity index (χ3n) is 3.42. The molecule has 1 aliphatic rings. The van der Waals surface area contributed by atoms with Crippen molar-refractivity contribution >= 4 is 12.0 Å². The van der Waals surface area contributed by atoms with Gasteiger partial charge in [0.2, 0.25) is 0 Å². The third-order valence-corrected chi connectivity index (χ3v) is 3.42. The second-order valence-corrected chi connectivity index (χ2v) is 6.17. The number of rotatable bonds is 4. The van der Waals surface area contributed by atoms with Gasteiger partial charge in [-0.3, -0.25) is 0 Å². The largest absolute Gasteiger partial charge is 0.480 e. The zero-order chi connectivity index (χ0) is 14.6. The number of carboxylic acids is 1. The second-order valence-electron chi connectivity index (χ2n) is 6.17. The molecule has 0 aromatic rings. The van der Waals surface area contributed by atoms with Gasteiger partial charge >= 0.3 is 12.0 Å². The van der Waals surface area contributed by atoms with E-state index < -0.39 is 23.5 Å². The van der Waals surface area contributed by atoms with E-state index in [9.17, 15) is 9.59 Å². The Morgan fingerprint density at radius 1 is 1.32 bits per heavy atom. The van der Waals surface area contributed by atoms with Crippen molar-refractivity contribution in [2.45, 2.75) is 46.2 Å². The van der Waals surface area contributed by atoms with Crippen LogP contribution in [0.15, 0.2) is 0 Å². The highest BCUT2D eigenvalue weighted by Crippen LogP contribution is 2.20. The Morgan fingerprint density at radius 3 is 2.37 bits per heavy atom. The van der Waals surface area contributed by atoms with Crippen molar-refractivity contribution in [1.29, 1.82) is 0 Å². The molecule has 3 atom stereocenters. The zero-order valence-corrected chi connectivity index (χ0v) is 12.0. The molecule has 1 saturated heterocycles. The van der Waals surface area contributed by atoms with Gasteiger partial charge in [0.05, 0.1) is 6.61 Å². The van der Waals surface area contributed by atoms with Gasteiger partial charge in [-0.15, -0.1) is 0 Å². The van der Waals surface area contributed by atoms with Gasteiger partial charge in [0.25, 0.3) is 0 Å². The number of amides is 2. The molecule has 6 nitrogen and oxygen atoms in total. The average molecular weight is 272 g/mol. The fraction of sp³-hybridized carbons (Fsp3) is 0.846. The minimum atomic E-state index is -1.03. The highest BCUT2D eigenvalue weighted by molar-refractivity contribution is 5.83. The Hall–Kier alpha value is -1.30. The molecular formula is C13H24N2O4. The molecule has 0 aromatic heterocycles. The van der Waals surface area contributed by atoms with Crippen LogP contribution in [0.1, 0.15) is 34.1 Å². The Bertz CT molecular complexity index is 332. The monoisotopic (exact) mass is 272 g/mol. The number of hydrogen-bond donors (Lipinski definition) is 3. The molecule has 0 aliphatic carbocycles. The number of aliphatic carboxylic acids is 1. The van der Waals surface area contributed by atoms with Gasteiger partial charge in [-0.05, 0) is 18.8 Å². The molecule has 1 heterocycles. The van der Waals surface area contributed by atoms with Crippen molar-refractivity contribution in [3.63, 3.8) is 0 Å². The molecule has 1 aliphatic heterocycles. The molecule has 0 spiro atoms. The maximum atomic E-state index is 11.8. The summed E-state index contributed by atoms with van der Waals surface area (Å²) in [5.41, 5.74) is -0.539. The first-order chi connectivity index (χ1) is 8.71. The molecule has 110 valence electrons. The molecule has 0 aromatic carbocycles. The minimum Gasteiger partial charge on any atom is -0.480 e. The number of ether oxygens (including phenoxy) is 1. The van der Waals surface area contributed by atoms with Crippen LogP contribution in [0.2, 0.25) is 0 Å². The lowest BCUT2D eigenvalue weighted by Crippen LogP contribution is -2.54. The zero-order valence-electron chi connectivity index (χ0n) is 12.0. The lowest BCUT2D eigenvalue weighted by Gasteiger charge is -2.29. The number of nitrogens with one attached hydrogen (secondary N) is 2.